The van der Waals surface area contributed by atoms with Crippen LogP contribution in [0.1, 0.15) is 12.4 Å². The average Bonchev–Trinajstić information content (AvgIpc) is 3.30. The van der Waals surface area contributed by atoms with Crippen molar-refractivity contribution in [2.75, 3.05) is 7.11 Å². The Hall–Kier alpha value is -3.01. The Kier molecular flexibility index (Phi) is 4.71. The van der Waals surface area contributed by atoms with Crippen LogP contribution in [0, 0.1) is 0 Å². The van der Waals surface area contributed by atoms with Crippen molar-refractivity contribution in [3.63, 3.8) is 0 Å². The molecule has 10 heteroatoms. The third kappa shape index (κ3) is 3.35. The van der Waals surface area contributed by atoms with Gasteiger partial charge in [0.15, 0.2) is 0 Å². The second kappa shape index (κ2) is 7.31. The number of alkyl halides is 2. The van der Waals surface area contributed by atoms with Crippen molar-refractivity contribution in [2.45, 2.75) is 17.5 Å². The summed E-state index contributed by atoms with van der Waals surface area (Å²) < 4.78 is 34.7. The lowest BCUT2D eigenvalue weighted by molar-refractivity contribution is 0.0722. The lowest BCUT2D eigenvalue weighted by atomic mass is 10.3. The highest BCUT2D eigenvalue weighted by Crippen LogP contribution is 2.28. The van der Waals surface area contributed by atoms with Gasteiger partial charge in [0.1, 0.15) is 11.6 Å². The van der Waals surface area contributed by atoms with Crippen LogP contribution in [0.15, 0.2) is 53.7 Å². The minimum absolute atomic E-state index is 0.204. The average molecular weight is 388 g/mol. The Labute approximate surface area is 157 Å². The van der Waals surface area contributed by atoms with Gasteiger partial charge in [-0.1, -0.05) is 23.9 Å². The van der Waals surface area contributed by atoms with Crippen LogP contribution in [0.25, 0.3) is 16.7 Å². The van der Waals surface area contributed by atoms with Crippen molar-refractivity contribution in [2.24, 2.45) is 0 Å². The van der Waals surface area contributed by atoms with Crippen molar-refractivity contribution in [1.82, 2.24) is 29.8 Å². The molecule has 2 aromatic carbocycles. The molecule has 0 aliphatic carbocycles. The number of tetrazole rings is 1. The molecule has 0 spiro atoms. The maximum absolute atomic E-state index is 13.5. The Morgan fingerprint density at radius 3 is 2.63 bits per heavy atom. The van der Waals surface area contributed by atoms with Crippen LogP contribution < -0.4 is 4.74 Å². The molecule has 4 rings (SSSR count). The fourth-order valence-electron chi connectivity index (χ4n) is 2.70. The summed E-state index contributed by atoms with van der Waals surface area (Å²) in [5, 5.41) is 12.1. The van der Waals surface area contributed by atoms with Gasteiger partial charge in [0, 0.05) is 0 Å². The molecule has 0 radical (unpaired) electrons. The third-order valence-electron chi connectivity index (χ3n) is 3.95. The quantitative estimate of drug-likeness (QED) is 0.469. The molecule has 2 aromatic heterocycles. The molecule has 4 aromatic rings. The summed E-state index contributed by atoms with van der Waals surface area (Å²) >= 11 is 1.24. The van der Waals surface area contributed by atoms with E-state index in [0.717, 1.165) is 10.3 Å². The van der Waals surface area contributed by atoms with Crippen LogP contribution in [0.2, 0.25) is 0 Å². The van der Waals surface area contributed by atoms with Crippen LogP contribution >= 0.6 is 11.8 Å². The van der Waals surface area contributed by atoms with Gasteiger partial charge < -0.3 is 4.74 Å². The molecule has 0 aliphatic heterocycles. The fraction of sp³-hybridized carbons (Fsp3) is 0.176. The maximum atomic E-state index is 13.5. The zero-order valence-corrected chi connectivity index (χ0v) is 15.0. The van der Waals surface area contributed by atoms with Gasteiger partial charge in [0.05, 0.1) is 29.6 Å². The smallest absolute Gasteiger partial charge is 0.320 e. The normalized spacial score (nSPS) is 11.4. The molecule has 0 unspecified atom stereocenters. The van der Waals surface area contributed by atoms with Gasteiger partial charge >= 0.3 is 6.55 Å². The Bertz CT molecular complexity index is 1060. The number of nitrogens with zero attached hydrogens (tertiary/aromatic N) is 6. The number of rotatable bonds is 6. The van der Waals surface area contributed by atoms with Crippen molar-refractivity contribution in [1.29, 1.82) is 0 Å². The summed E-state index contributed by atoms with van der Waals surface area (Å²) in [4.78, 5) is 4.33. The lowest BCUT2D eigenvalue weighted by Crippen LogP contribution is -2.04. The number of halogens is 2. The highest BCUT2D eigenvalue weighted by Gasteiger charge is 2.19. The molecule has 27 heavy (non-hydrogen) atoms. The number of para-hydroxylation sites is 2. The van der Waals surface area contributed by atoms with E-state index in [1.54, 1.807) is 48.2 Å². The van der Waals surface area contributed by atoms with Crippen molar-refractivity contribution in [3.05, 3.63) is 54.4 Å². The van der Waals surface area contributed by atoms with Crippen LogP contribution in [0.4, 0.5) is 8.78 Å². The molecular formula is C17H14F2N6OS. The van der Waals surface area contributed by atoms with Gasteiger partial charge in [-0.3, -0.25) is 4.57 Å². The summed E-state index contributed by atoms with van der Waals surface area (Å²) in [7, 11) is 1.59. The SMILES string of the molecule is COc1ccc(-n2nnnc2SCc2nc3ccccc3n2C(F)F)cc1. The first-order chi connectivity index (χ1) is 13.2. The number of aromatic nitrogens is 6. The number of hydrogen-bond donors (Lipinski definition) is 0. The van der Waals surface area contributed by atoms with Crippen LogP contribution in [0.3, 0.4) is 0 Å². The molecule has 0 saturated heterocycles. The molecule has 0 saturated carbocycles. The van der Waals surface area contributed by atoms with E-state index < -0.39 is 6.55 Å². The van der Waals surface area contributed by atoms with E-state index in [2.05, 4.69) is 20.5 Å². The number of methoxy groups -OCH3 is 1. The van der Waals surface area contributed by atoms with Gasteiger partial charge in [0.2, 0.25) is 5.16 Å². The van der Waals surface area contributed by atoms with Crippen molar-refractivity contribution < 1.29 is 13.5 Å². The molecule has 138 valence electrons. The molecule has 0 amide bonds. The predicted octanol–water partition coefficient (Wildman–Crippen LogP) is 3.71. The van der Waals surface area contributed by atoms with Crippen molar-refractivity contribution >= 4 is 22.8 Å². The number of hydrogen-bond acceptors (Lipinski definition) is 6. The standard InChI is InChI=1S/C17H14F2N6OS/c1-26-12-8-6-11(7-9-12)25-17(21-22-23-25)27-10-15-20-13-4-2-3-5-14(13)24(15)16(18)19/h2-9,16H,10H2,1H3. The van der Waals surface area contributed by atoms with E-state index in [-0.39, 0.29) is 11.6 Å². The minimum Gasteiger partial charge on any atom is -0.497 e. The Balaban J connectivity index is 1.61. The summed E-state index contributed by atoms with van der Waals surface area (Å²) in [5.41, 5.74) is 1.67. The number of ether oxygens (including phenoxy) is 1. The first-order valence-corrected chi connectivity index (χ1v) is 8.95. The van der Waals surface area contributed by atoms with E-state index in [9.17, 15) is 8.78 Å². The second-order valence-corrected chi connectivity index (χ2v) is 6.47. The number of benzene rings is 2. The largest absolute Gasteiger partial charge is 0.497 e. The molecule has 0 atom stereocenters. The third-order valence-corrected chi connectivity index (χ3v) is 4.87. The fourth-order valence-corrected chi connectivity index (χ4v) is 3.52. The number of imidazole rings is 1. The molecule has 0 fully saturated rings. The van der Waals surface area contributed by atoms with Gasteiger partial charge in [-0.2, -0.15) is 13.5 Å². The highest BCUT2D eigenvalue weighted by atomic mass is 32.2. The topological polar surface area (TPSA) is 70.7 Å². The first kappa shape index (κ1) is 17.4. The molecule has 0 aliphatic rings. The summed E-state index contributed by atoms with van der Waals surface area (Å²) in [6.07, 6.45) is 0. The van der Waals surface area contributed by atoms with Gasteiger partial charge in [0.25, 0.3) is 0 Å². The summed E-state index contributed by atoms with van der Waals surface area (Å²) in [5.74, 6) is 1.18. The zero-order chi connectivity index (χ0) is 18.8. The van der Waals surface area contributed by atoms with Gasteiger partial charge in [-0.15, -0.1) is 5.10 Å². The molecule has 0 N–H and O–H groups in total. The van der Waals surface area contributed by atoms with E-state index in [4.69, 9.17) is 4.74 Å². The van der Waals surface area contributed by atoms with E-state index >= 15 is 0 Å². The second-order valence-electron chi connectivity index (χ2n) is 5.52. The summed E-state index contributed by atoms with van der Waals surface area (Å²) in [6, 6.07) is 14.0. The molecule has 0 bridgehead atoms. The van der Waals surface area contributed by atoms with Crippen LogP contribution in [-0.4, -0.2) is 36.9 Å². The minimum atomic E-state index is -2.68. The lowest BCUT2D eigenvalue weighted by Gasteiger charge is -2.08. The van der Waals surface area contributed by atoms with Crippen LogP contribution in [-0.2, 0) is 5.75 Å². The predicted molar refractivity (Wildman–Crippen MR) is 96.3 cm³/mol. The number of thioether (sulfide) groups is 1. The first-order valence-electron chi connectivity index (χ1n) is 7.97. The summed E-state index contributed by atoms with van der Waals surface area (Å²) in [6.45, 7) is -2.68. The Morgan fingerprint density at radius 2 is 1.89 bits per heavy atom. The van der Waals surface area contributed by atoms with E-state index in [1.165, 1.54) is 11.8 Å². The van der Waals surface area contributed by atoms with Gasteiger partial charge in [-0.05, 0) is 46.8 Å². The van der Waals surface area contributed by atoms with Crippen LogP contribution in [0.5, 0.6) is 5.75 Å². The molecular weight excluding hydrogens is 374 g/mol. The van der Waals surface area contributed by atoms with E-state index in [0.29, 0.717) is 21.9 Å². The zero-order valence-electron chi connectivity index (χ0n) is 14.2. The monoisotopic (exact) mass is 388 g/mol. The number of fused-ring (bicyclic) bond motifs is 1. The molecule has 7 nitrogen and oxygen atoms in total. The van der Waals surface area contributed by atoms with E-state index in [1.807, 2.05) is 12.1 Å². The molecule has 2 heterocycles. The maximum Gasteiger partial charge on any atom is 0.320 e. The van der Waals surface area contributed by atoms with Gasteiger partial charge in [-0.25, -0.2) is 4.98 Å². The Morgan fingerprint density at radius 1 is 1.11 bits per heavy atom. The highest BCUT2D eigenvalue weighted by molar-refractivity contribution is 7.98. The van der Waals surface area contributed by atoms with Crippen molar-refractivity contribution in [3.8, 4) is 11.4 Å².